The number of rotatable bonds is 6. The van der Waals surface area contributed by atoms with Crippen molar-refractivity contribution in [2.75, 3.05) is 6.54 Å². The van der Waals surface area contributed by atoms with E-state index in [1.54, 1.807) is 0 Å². The maximum absolute atomic E-state index is 11.5. The van der Waals surface area contributed by atoms with Crippen LogP contribution in [0.4, 0.5) is 0 Å². The number of hydrogen-bond donors (Lipinski definition) is 1. The summed E-state index contributed by atoms with van der Waals surface area (Å²) < 4.78 is 1.87. The lowest BCUT2D eigenvalue weighted by Crippen LogP contribution is -2.29. The van der Waals surface area contributed by atoms with Gasteiger partial charge in [0, 0.05) is 19.2 Å². The molecule has 4 heteroatoms. The van der Waals surface area contributed by atoms with E-state index in [0.29, 0.717) is 13.0 Å². The topological polar surface area (TPSA) is 46.9 Å². The molecule has 94 valence electrons. The minimum absolute atomic E-state index is 0.0606. The lowest BCUT2D eigenvalue weighted by molar-refractivity contribution is -0.120. The van der Waals surface area contributed by atoms with E-state index in [4.69, 9.17) is 0 Å². The number of amides is 1. The number of aryl methyl sites for hydroxylation is 1. The summed E-state index contributed by atoms with van der Waals surface area (Å²) in [5.74, 6) is 0.0606. The van der Waals surface area contributed by atoms with Crippen molar-refractivity contribution in [1.82, 2.24) is 15.1 Å². The van der Waals surface area contributed by atoms with Gasteiger partial charge in [-0.15, -0.1) is 0 Å². The predicted octanol–water partition coefficient (Wildman–Crippen LogP) is 2.23. The Morgan fingerprint density at radius 1 is 1.59 bits per heavy atom. The van der Waals surface area contributed by atoms with Crippen molar-refractivity contribution in [1.29, 1.82) is 0 Å². The second-order valence-electron chi connectivity index (χ2n) is 4.23. The molecule has 0 aliphatic rings. The Kier molecular flexibility index (Phi) is 5.46. The van der Waals surface area contributed by atoms with Gasteiger partial charge in [0.15, 0.2) is 0 Å². The highest BCUT2D eigenvalue weighted by atomic mass is 16.1. The molecule has 0 radical (unpaired) electrons. The number of allylic oxidation sites excluding steroid dienone is 1. The molecule has 0 aliphatic carbocycles. The third-order valence-electron chi connectivity index (χ3n) is 2.48. The van der Waals surface area contributed by atoms with Gasteiger partial charge in [-0.05, 0) is 25.8 Å². The zero-order chi connectivity index (χ0) is 12.7. The highest BCUT2D eigenvalue weighted by molar-refractivity contribution is 5.77. The molecule has 1 heterocycles. The normalized spacial score (nSPS) is 12.9. The number of carbonyl (C=O) groups is 1. The average molecular weight is 235 g/mol. The van der Waals surface area contributed by atoms with Crippen LogP contribution in [-0.4, -0.2) is 22.2 Å². The molecule has 0 saturated carbocycles. The van der Waals surface area contributed by atoms with E-state index in [-0.39, 0.29) is 11.9 Å². The first-order chi connectivity index (χ1) is 8.13. The molecule has 0 aromatic carbocycles. The number of aromatic nitrogens is 2. The second kappa shape index (κ2) is 6.89. The molecule has 1 N–H and O–H groups in total. The first-order valence-corrected chi connectivity index (χ1v) is 6.06. The van der Waals surface area contributed by atoms with Gasteiger partial charge in [-0.1, -0.05) is 19.1 Å². The van der Waals surface area contributed by atoms with E-state index < -0.39 is 0 Å². The van der Waals surface area contributed by atoms with Crippen molar-refractivity contribution >= 4 is 5.91 Å². The van der Waals surface area contributed by atoms with Crippen molar-refractivity contribution < 1.29 is 4.79 Å². The highest BCUT2D eigenvalue weighted by Crippen LogP contribution is 2.04. The van der Waals surface area contributed by atoms with Gasteiger partial charge in [0.1, 0.15) is 0 Å². The Hall–Kier alpha value is -1.58. The molecule has 0 fully saturated rings. The zero-order valence-corrected chi connectivity index (χ0v) is 10.8. The Labute approximate surface area is 103 Å². The fourth-order valence-electron chi connectivity index (χ4n) is 1.46. The van der Waals surface area contributed by atoms with Gasteiger partial charge < -0.3 is 5.32 Å². The summed E-state index contributed by atoms with van der Waals surface area (Å²) in [4.78, 5) is 11.5. The standard InChI is InChI=1S/C13H21N3O/c1-4-5-6-7-13(17)14-9-12(3)16-10-11(2)8-15-16/h5-6,8,10,12H,4,7,9H2,1-3H3,(H,14,17). The van der Waals surface area contributed by atoms with E-state index in [9.17, 15) is 4.79 Å². The van der Waals surface area contributed by atoms with Crippen LogP contribution in [0, 0.1) is 6.92 Å². The van der Waals surface area contributed by atoms with Gasteiger partial charge in [0.25, 0.3) is 0 Å². The zero-order valence-electron chi connectivity index (χ0n) is 10.8. The Balaban J connectivity index is 2.30. The molecule has 0 bridgehead atoms. The van der Waals surface area contributed by atoms with E-state index in [1.165, 1.54) is 0 Å². The van der Waals surface area contributed by atoms with Crippen LogP contribution in [0.25, 0.3) is 0 Å². The van der Waals surface area contributed by atoms with Gasteiger partial charge in [-0.2, -0.15) is 5.10 Å². The maximum atomic E-state index is 11.5. The van der Waals surface area contributed by atoms with Gasteiger partial charge in [0.2, 0.25) is 5.91 Å². The highest BCUT2D eigenvalue weighted by Gasteiger charge is 2.06. The smallest absolute Gasteiger partial charge is 0.223 e. The van der Waals surface area contributed by atoms with Crippen LogP contribution >= 0.6 is 0 Å². The van der Waals surface area contributed by atoms with E-state index in [2.05, 4.69) is 17.3 Å². The summed E-state index contributed by atoms with van der Waals surface area (Å²) in [6.45, 7) is 6.70. The monoisotopic (exact) mass is 235 g/mol. The minimum Gasteiger partial charge on any atom is -0.354 e. The molecular weight excluding hydrogens is 214 g/mol. The van der Waals surface area contributed by atoms with Gasteiger partial charge in [-0.25, -0.2) is 0 Å². The molecule has 0 spiro atoms. The summed E-state index contributed by atoms with van der Waals surface area (Å²) in [6, 6.07) is 0.183. The largest absolute Gasteiger partial charge is 0.354 e. The van der Waals surface area contributed by atoms with Crippen LogP contribution in [0.15, 0.2) is 24.5 Å². The summed E-state index contributed by atoms with van der Waals surface area (Å²) in [7, 11) is 0. The number of nitrogens with one attached hydrogen (secondary N) is 1. The van der Waals surface area contributed by atoms with Crippen molar-refractivity contribution in [3.63, 3.8) is 0 Å². The lowest BCUT2D eigenvalue weighted by atomic mass is 10.3. The number of hydrogen-bond acceptors (Lipinski definition) is 2. The Bertz CT molecular complexity index is 382. The fourth-order valence-corrected chi connectivity index (χ4v) is 1.46. The van der Waals surface area contributed by atoms with Crippen molar-refractivity contribution in [2.45, 2.75) is 39.7 Å². The maximum Gasteiger partial charge on any atom is 0.223 e. The quantitative estimate of drug-likeness (QED) is 0.768. The predicted molar refractivity (Wildman–Crippen MR) is 68.7 cm³/mol. The summed E-state index contributed by atoms with van der Waals surface area (Å²) in [6.07, 6.45) is 9.13. The first kappa shape index (κ1) is 13.5. The van der Waals surface area contributed by atoms with Crippen LogP contribution in [0.1, 0.15) is 38.3 Å². The Morgan fingerprint density at radius 3 is 2.94 bits per heavy atom. The number of nitrogens with zero attached hydrogens (tertiary/aromatic N) is 2. The first-order valence-electron chi connectivity index (χ1n) is 6.06. The minimum atomic E-state index is 0.0606. The molecule has 1 aromatic heterocycles. The molecule has 1 unspecified atom stereocenters. The molecular formula is C13H21N3O. The van der Waals surface area contributed by atoms with E-state index in [0.717, 1.165) is 12.0 Å². The van der Waals surface area contributed by atoms with Crippen LogP contribution in [-0.2, 0) is 4.79 Å². The summed E-state index contributed by atoms with van der Waals surface area (Å²) in [5.41, 5.74) is 1.13. The van der Waals surface area contributed by atoms with Gasteiger partial charge >= 0.3 is 0 Å². The van der Waals surface area contributed by atoms with Crippen LogP contribution < -0.4 is 5.32 Å². The molecule has 1 rings (SSSR count). The third kappa shape index (κ3) is 4.85. The molecule has 17 heavy (non-hydrogen) atoms. The van der Waals surface area contributed by atoms with Crippen LogP contribution in [0.2, 0.25) is 0 Å². The van der Waals surface area contributed by atoms with Crippen molar-refractivity contribution in [3.05, 3.63) is 30.1 Å². The molecule has 0 saturated heterocycles. The van der Waals surface area contributed by atoms with Crippen LogP contribution in [0.5, 0.6) is 0 Å². The second-order valence-corrected chi connectivity index (χ2v) is 4.23. The van der Waals surface area contributed by atoms with Crippen molar-refractivity contribution in [3.8, 4) is 0 Å². The Morgan fingerprint density at radius 2 is 2.35 bits per heavy atom. The van der Waals surface area contributed by atoms with E-state index in [1.807, 2.05) is 43.1 Å². The SMILES string of the molecule is CCC=CCC(=O)NCC(C)n1cc(C)cn1. The average Bonchev–Trinajstić information content (AvgIpc) is 2.73. The molecule has 1 aromatic rings. The molecule has 4 nitrogen and oxygen atoms in total. The van der Waals surface area contributed by atoms with E-state index >= 15 is 0 Å². The van der Waals surface area contributed by atoms with Gasteiger partial charge in [0.05, 0.1) is 12.2 Å². The van der Waals surface area contributed by atoms with Gasteiger partial charge in [-0.3, -0.25) is 9.48 Å². The fraction of sp³-hybridized carbons (Fsp3) is 0.538. The van der Waals surface area contributed by atoms with Crippen LogP contribution in [0.3, 0.4) is 0 Å². The third-order valence-corrected chi connectivity index (χ3v) is 2.48. The molecule has 1 amide bonds. The lowest BCUT2D eigenvalue weighted by Gasteiger charge is -2.12. The molecule has 1 atom stereocenters. The summed E-state index contributed by atoms with van der Waals surface area (Å²) in [5, 5.41) is 7.12. The summed E-state index contributed by atoms with van der Waals surface area (Å²) >= 11 is 0. The molecule has 0 aliphatic heterocycles. The van der Waals surface area contributed by atoms with Crippen molar-refractivity contribution in [2.24, 2.45) is 0 Å². The number of carbonyl (C=O) groups excluding carboxylic acids is 1.